The quantitative estimate of drug-likeness (QED) is 0.197. The monoisotopic (exact) mass is 503 g/mol. The van der Waals surface area contributed by atoms with Gasteiger partial charge >= 0.3 is 5.97 Å². The first kappa shape index (κ1) is 25.7. The Hall–Kier alpha value is -4.37. The lowest BCUT2D eigenvalue weighted by Gasteiger charge is -2.11. The van der Waals surface area contributed by atoms with Crippen LogP contribution in [0.1, 0.15) is 23.0 Å². The van der Waals surface area contributed by atoms with E-state index in [-0.39, 0.29) is 18.2 Å². The minimum Gasteiger partial charge on any atom is -0.497 e. The third kappa shape index (κ3) is 6.65. The number of aromatic nitrogens is 3. The van der Waals surface area contributed by atoms with E-state index in [2.05, 4.69) is 10.3 Å². The van der Waals surface area contributed by atoms with Crippen molar-refractivity contribution in [1.29, 1.82) is 0 Å². The van der Waals surface area contributed by atoms with E-state index in [0.717, 1.165) is 28.2 Å². The molecule has 4 aromatic rings. The Morgan fingerprint density at radius 2 is 1.62 bits per heavy atom. The molecule has 0 unspecified atom stereocenters. The second-order valence-electron chi connectivity index (χ2n) is 7.96. The number of ether oxygens (including phenoxy) is 5. The molecule has 37 heavy (non-hydrogen) atoms. The van der Waals surface area contributed by atoms with Crippen LogP contribution in [0, 0.1) is 0 Å². The van der Waals surface area contributed by atoms with Gasteiger partial charge in [0.25, 0.3) is 5.88 Å². The molecule has 0 aliphatic heterocycles. The lowest BCUT2D eigenvalue weighted by Crippen LogP contribution is -2.09. The lowest BCUT2D eigenvalue weighted by molar-refractivity contribution is 0.0516. The number of hydrogen-bond donors (Lipinski definition) is 0. The van der Waals surface area contributed by atoms with E-state index < -0.39 is 5.97 Å². The SMILES string of the molecule is CCOC(=O)c1nnn(Cc2ccc(OC)cc2)c1Oc1ccc(-c2cccc(OCCOC)c2)cc1. The average molecular weight is 504 g/mol. The Labute approximate surface area is 215 Å². The minimum atomic E-state index is -0.597. The number of carbonyl (C=O) groups is 1. The number of carbonyl (C=O) groups excluding carboxylic acids is 1. The fraction of sp³-hybridized carbons (Fsp3) is 0.250. The minimum absolute atomic E-state index is 0.0142. The molecule has 0 spiro atoms. The van der Waals surface area contributed by atoms with Gasteiger partial charge in [0, 0.05) is 7.11 Å². The summed E-state index contributed by atoms with van der Waals surface area (Å²) in [6.45, 7) is 3.30. The van der Waals surface area contributed by atoms with Gasteiger partial charge in [-0.15, -0.1) is 5.10 Å². The van der Waals surface area contributed by atoms with Crippen LogP contribution < -0.4 is 14.2 Å². The average Bonchev–Trinajstić information content (AvgIpc) is 3.32. The van der Waals surface area contributed by atoms with Crippen molar-refractivity contribution >= 4 is 5.97 Å². The normalized spacial score (nSPS) is 10.7. The predicted molar refractivity (Wildman–Crippen MR) is 137 cm³/mol. The van der Waals surface area contributed by atoms with Gasteiger partial charge in [0.05, 0.1) is 26.9 Å². The van der Waals surface area contributed by atoms with Crippen molar-refractivity contribution in [2.75, 3.05) is 34.0 Å². The van der Waals surface area contributed by atoms with E-state index in [0.29, 0.717) is 25.5 Å². The van der Waals surface area contributed by atoms with E-state index in [4.69, 9.17) is 23.7 Å². The molecule has 192 valence electrons. The summed E-state index contributed by atoms with van der Waals surface area (Å²) in [4.78, 5) is 12.5. The van der Waals surface area contributed by atoms with Crippen LogP contribution in [0.2, 0.25) is 0 Å². The first-order valence-corrected chi connectivity index (χ1v) is 11.8. The van der Waals surface area contributed by atoms with Crippen LogP contribution in [0.4, 0.5) is 0 Å². The van der Waals surface area contributed by atoms with Gasteiger partial charge in [-0.3, -0.25) is 0 Å². The van der Waals surface area contributed by atoms with Crippen LogP contribution in [-0.4, -0.2) is 55.0 Å². The Morgan fingerprint density at radius 3 is 2.32 bits per heavy atom. The summed E-state index contributed by atoms with van der Waals surface area (Å²) in [5, 5.41) is 8.18. The number of hydrogen-bond acceptors (Lipinski definition) is 8. The fourth-order valence-electron chi connectivity index (χ4n) is 3.58. The zero-order chi connectivity index (χ0) is 26.0. The number of esters is 1. The molecule has 0 aliphatic rings. The first-order chi connectivity index (χ1) is 18.1. The zero-order valence-corrected chi connectivity index (χ0v) is 21.0. The Morgan fingerprint density at radius 1 is 0.865 bits per heavy atom. The molecule has 1 heterocycles. The van der Waals surface area contributed by atoms with E-state index in [1.54, 1.807) is 21.1 Å². The third-order valence-electron chi connectivity index (χ3n) is 5.44. The number of nitrogens with zero attached hydrogens (tertiary/aromatic N) is 3. The highest BCUT2D eigenvalue weighted by Crippen LogP contribution is 2.29. The molecule has 0 N–H and O–H groups in total. The second kappa shape index (κ2) is 12.5. The molecule has 0 aliphatic carbocycles. The van der Waals surface area contributed by atoms with E-state index in [9.17, 15) is 4.79 Å². The maximum absolute atomic E-state index is 12.5. The molecule has 0 amide bonds. The number of methoxy groups -OCH3 is 2. The van der Waals surface area contributed by atoms with Crippen LogP contribution in [0.15, 0.2) is 72.8 Å². The van der Waals surface area contributed by atoms with Crippen molar-refractivity contribution in [3.05, 3.63) is 84.1 Å². The molecule has 1 aromatic heterocycles. The maximum atomic E-state index is 12.5. The van der Waals surface area contributed by atoms with Gasteiger partial charge < -0.3 is 23.7 Å². The van der Waals surface area contributed by atoms with E-state index in [1.165, 1.54) is 4.68 Å². The summed E-state index contributed by atoms with van der Waals surface area (Å²) in [5.74, 6) is 1.65. The van der Waals surface area contributed by atoms with Gasteiger partial charge in [0.15, 0.2) is 0 Å². The molecule has 0 fully saturated rings. The van der Waals surface area contributed by atoms with Gasteiger partial charge in [0.2, 0.25) is 5.69 Å². The smallest absolute Gasteiger partial charge is 0.364 e. The predicted octanol–water partition coefficient (Wildman–Crippen LogP) is 5.00. The first-order valence-electron chi connectivity index (χ1n) is 11.8. The van der Waals surface area contributed by atoms with Crippen LogP contribution in [0.5, 0.6) is 23.1 Å². The van der Waals surface area contributed by atoms with Gasteiger partial charge in [0.1, 0.15) is 23.9 Å². The Kier molecular flexibility index (Phi) is 8.72. The molecule has 4 rings (SSSR count). The molecule has 3 aromatic carbocycles. The fourth-order valence-corrected chi connectivity index (χ4v) is 3.58. The summed E-state index contributed by atoms with van der Waals surface area (Å²) in [7, 11) is 3.25. The van der Waals surface area contributed by atoms with Gasteiger partial charge in [-0.05, 0) is 60.0 Å². The molecule has 0 saturated heterocycles. The Bertz CT molecular complexity index is 1300. The highest BCUT2D eigenvalue weighted by atomic mass is 16.5. The summed E-state index contributed by atoms with van der Waals surface area (Å²) in [5.41, 5.74) is 2.94. The zero-order valence-electron chi connectivity index (χ0n) is 21.0. The topological polar surface area (TPSA) is 93.9 Å². The van der Waals surface area contributed by atoms with E-state index in [1.807, 2.05) is 72.8 Å². The molecular weight excluding hydrogens is 474 g/mol. The van der Waals surface area contributed by atoms with Crippen molar-refractivity contribution in [2.45, 2.75) is 13.5 Å². The second-order valence-corrected chi connectivity index (χ2v) is 7.96. The summed E-state index contributed by atoms with van der Waals surface area (Å²) in [6.07, 6.45) is 0. The summed E-state index contributed by atoms with van der Waals surface area (Å²) in [6, 6.07) is 22.9. The lowest BCUT2D eigenvalue weighted by atomic mass is 10.1. The van der Waals surface area contributed by atoms with Gasteiger partial charge in [-0.25, -0.2) is 9.48 Å². The molecular formula is C28H29N3O6. The van der Waals surface area contributed by atoms with Crippen LogP contribution in [0.3, 0.4) is 0 Å². The highest BCUT2D eigenvalue weighted by Gasteiger charge is 2.23. The maximum Gasteiger partial charge on any atom is 0.364 e. The van der Waals surface area contributed by atoms with E-state index >= 15 is 0 Å². The van der Waals surface area contributed by atoms with Crippen molar-refractivity contribution in [1.82, 2.24) is 15.0 Å². The van der Waals surface area contributed by atoms with Crippen molar-refractivity contribution in [3.8, 4) is 34.3 Å². The van der Waals surface area contributed by atoms with Crippen LogP contribution in [0.25, 0.3) is 11.1 Å². The molecule has 0 radical (unpaired) electrons. The molecule has 9 nitrogen and oxygen atoms in total. The summed E-state index contributed by atoms with van der Waals surface area (Å²) < 4.78 is 28.8. The molecule has 0 bridgehead atoms. The largest absolute Gasteiger partial charge is 0.497 e. The van der Waals surface area contributed by atoms with Crippen LogP contribution in [-0.2, 0) is 16.0 Å². The number of benzene rings is 3. The summed E-state index contributed by atoms with van der Waals surface area (Å²) >= 11 is 0. The van der Waals surface area contributed by atoms with Crippen molar-refractivity contribution in [3.63, 3.8) is 0 Å². The molecule has 0 saturated carbocycles. The van der Waals surface area contributed by atoms with Crippen LogP contribution >= 0.6 is 0 Å². The highest BCUT2D eigenvalue weighted by molar-refractivity contribution is 5.89. The molecule has 0 atom stereocenters. The van der Waals surface area contributed by atoms with Gasteiger partial charge in [-0.1, -0.05) is 41.6 Å². The number of rotatable bonds is 12. The standard InChI is InChI=1S/C28H29N3O6/c1-4-35-28(32)26-27(31(30-29-26)19-20-8-12-23(34-3)13-9-20)37-24-14-10-21(11-15-24)22-6-5-7-25(18-22)36-17-16-33-2/h5-15,18H,4,16-17,19H2,1-3H3. The van der Waals surface area contributed by atoms with Crippen molar-refractivity contribution < 1.29 is 28.5 Å². The molecule has 9 heteroatoms. The Balaban J connectivity index is 1.55. The third-order valence-corrected chi connectivity index (χ3v) is 5.44. The van der Waals surface area contributed by atoms with Gasteiger partial charge in [-0.2, -0.15) is 0 Å². The van der Waals surface area contributed by atoms with Crippen molar-refractivity contribution in [2.24, 2.45) is 0 Å².